The first kappa shape index (κ1) is 13.1. The summed E-state index contributed by atoms with van der Waals surface area (Å²) in [5, 5.41) is 0. The third kappa shape index (κ3) is 9.18. The van der Waals surface area contributed by atoms with E-state index in [9.17, 15) is 0 Å². The molecule has 0 heterocycles. The van der Waals surface area contributed by atoms with Crippen LogP contribution < -0.4 is 0 Å². The monoisotopic (exact) mass is 218 g/mol. The molecule has 0 atom stereocenters. The minimum Gasteiger partial charge on any atom is -0.264 e. The molecule has 0 spiro atoms. The molecular weight excluding hydrogens is 204 g/mol. The first-order valence-electron chi connectivity index (χ1n) is 4.05. The number of benzene rings is 1. The Hall–Kier alpha value is -0.910. The maximum absolute atomic E-state index is 8.74. The van der Waals surface area contributed by atoms with Gasteiger partial charge in [0.15, 0.2) is 0 Å². The maximum Gasteiger partial charge on any atom is 0.394 e. The normalized spacial score (nSPS) is 10.6. The van der Waals surface area contributed by atoms with Crippen LogP contribution in [0, 0.1) is 0 Å². The predicted molar refractivity (Wildman–Crippen MR) is 54.7 cm³/mol. The summed E-state index contributed by atoms with van der Waals surface area (Å²) in [6.45, 7) is 4.41. The fourth-order valence-electron chi connectivity index (χ4n) is 0.838. The molecule has 2 N–H and O–H groups in total. The van der Waals surface area contributed by atoms with Gasteiger partial charge in [0.1, 0.15) is 0 Å². The van der Waals surface area contributed by atoms with E-state index in [0.29, 0.717) is 5.92 Å². The SMILES string of the molecule is CC(C)c1ccccc1.O=S(=O)(O)O. The molecule has 0 fully saturated rings. The minimum absolute atomic E-state index is 0.659. The summed E-state index contributed by atoms with van der Waals surface area (Å²) >= 11 is 0. The number of hydrogen-bond donors (Lipinski definition) is 2. The molecule has 0 radical (unpaired) electrons. The molecule has 0 aromatic heterocycles. The highest BCUT2D eigenvalue weighted by atomic mass is 32.3. The lowest BCUT2D eigenvalue weighted by atomic mass is 10.0. The van der Waals surface area contributed by atoms with Gasteiger partial charge in [0.05, 0.1) is 0 Å². The second kappa shape index (κ2) is 5.74. The number of rotatable bonds is 1. The summed E-state index contributed by atoms with van der Waals surface area (Å²) in [5.41, 5.74) is 1.41. The van der Waals surface area contributed by atoms with Crippen molar-refractivity contribution in [3.05, 3.63) is 35.9 Å². The van der Waals surface area contributed by atoms with Gasteiger partial charge in [0.2, 0.25) is 0 Å². The Morgan fingerprint density at radius 2 is 1.43 bits per heavy atom. The molecule has 1 aromatic carbocycles. The lowest BCUT2D eigenvalue weighted by Crippen LogP contribution is -1.89. The van der Waals surface area contributed by atoms with E-state index in [4.69, 9.17) is 17.5 Å². The van der Waals surface area contributed by atoms with Gasteiger partial charge < -0.3 is 0 Å². The lowest BCUT2D eigenvalue weighted by Gasteiger charge is -2.01. The van der Waals surface area contributed by atoms with E-state index in [1.54, 1.807) is 0 Å². The topological polar surface area (TPSA) is 74.6 Å². The first-order chi connectivity index (χ1) is 6.30. The molecule has 0 saturated heterocycles. The van der Waals surface area contributed by atoms with E-state index in [1.165, 1.54) is 5.56 Å². The van der Waals surface area contributed by atoms with Crippen LogP contribution in [0.25, 0.3) is 0 Å². The van der Waals surface area contributed by atoms with Crippen molar-refractivity contribution in [2.75, 3.05) is 0 Å². The van der Waals surface area contributed by atoms with Crippen molar-refractivity contribution in [3.8, 4) is 0 Å². The van der Waals surface area contributed by atoms with Crippen LogP contribution in [-0.2, 0) is 10.4 Å². The van der Waals surface area contributed by atoms with Crippen molar-refractivity contribution in [2.45, 2.75) is 19.8 Å². The average molecular weight is 218 g/mol. The summed E-state index contributed by atoms with van der Waals surface area (Å²) in [6, 6.07) is 10.5. The van der Waals surface area contributed by atoms with Gasteiger partial charge >= 0.3 is 10.4 Å². The predicted octanol–water partition coefficient (Wildman–Crippen LogP) is 2.16. The Morgan fingerprint density at radius 3 is 1.64 bits per heavy atom. The van der Waals surface area contributed by atoms with Crippen molar-refractivity contribution in [1.82, 2.24) is 0 Å². The summed E-state index contributed by atoms with van der Waals surface area (Å²) in [4.78, 5) is 0. The summed E-state index contributed by atoms with van der Waals surface area (Å²) in [7, 11) is -4.67. The van der Waals surface area contributed by atoms with E-state index >= 15 is 0 Å². The highest BCUT2D eigenvalue weighted by Crippen LogP contribution is 2.11. The van der Waals surface area contributed by atoms with Crippen molar-refractivity contribution in [1.29, 1.82) is 0 Å². The first-order valence-corrected chi connectivity index (χ1v) is 5.45. The van der Waals surface area contributed by atoms with Crippen molar-refractivity contribution >= 4 is 10.4 Å². The van der Waals surface area contributed by atoms with E-state index in [-0.39, 0.29) is 0 Å². The number of hydrogen-bond acceptors (Lipinski definition) is 2. The van der Waals surface area contributed by atoms with Crippen LogP contribution in [0.2, 0.25) is 0 Å². The molecule has 0 bridgehead atoms. The van der Waals surface area contributed by atoms with Crippen LogP contribution in [0.1, 0.15) is 25.3 Å². The quantitative estimate of drug-likeness (QED) is 0.708. The van der Waals surface area contributed by atoms with Crippen molar-refractivity contribution in [3.63, 3.8) is 0 Å². The zero-order valence-electron chi connectivity index (χ0n) is 8.08. The Labute approximate surface area is 84.2 Å². The van der Waals surface area contributed by atoms with Crippen LogP contribution in [0.4, 0.5) is 0 Å². The van der Waals surface area contributed by atoms with Crippen LogP contribution in [0.15, 0.2) is 30.3 Å². The Kier molecular flexibility index (Phi) is 5.37. The zero-order chi connectivity index (χ0) is 11.2. The lowest BCUT2D eigenvalue weighted by molar-refractivity contribution is 0.381. The van der Waals surface area contributed by atoms with Gasteiger partial charge in [-0.25, -0.2) is 0 Å². The van der Waals surface area contributed by atoms with E-state index in [2.05, 4.69) is 38.1 Å². The molecule has 0 aliphatic rings. The van der Waals surface area contributed by atoms with Gasteiger partial charge in [-0.05, 0) is 11.5 Å². The van der Waals surface area contributed by atoms with Gasteiger partial charge in [-0.2, -0.15) is 8.42 Å². The molecule has 4 nitrogen and oxygen atoms in total. The molecule has 0 unspecified atom stereocenters. The van der Waals surface area contributed by atoms with Crippen LogP contribution >= 0.6 is 0 Å². The Bertz CT molecular complexity index is 334. The molecule has 0 aliphatic heterocycles. The van der Waals surface area contributed by atoms with E-state index in [1.807, 2.05) is 6.07 Å². The second-order valence-corrected chi connectivity index (χ2v) is 3.91. The zero-order valence-corrected chi connectivity index (χ0v) is 8.90. The third-order valence-corrected chi connectivity index (χ3v) is 1.47. The van der Waals surface area contributed by atoms with Gasteiger partial charge in [0, 0.05) is 0 Å². The molecule has 0 saturated carbocycles. The second-order valence-electron chi connectivity index (χ2n) is 3.01. The van der Waals surface area contributed by atoms with Crippen molar-refractivity contribution in [2.24, 2.45) is 0 Å². The highest BCUT2D eigenvalue weighted by Gasteiger charge is 1.93. The maximum atomic E-state index is 8.74. The molecule has 1 aromatic rings. The smallest absolute Gasteiger partial charge is 0.264 e. The van der Waals surface area contributed by atoms with Crippen LogP contribution in [0.5, 0.6) is 0 Å². The standard InChI is InChI=1S/C9H12.H2O4S/c1-8(2)9-6-4-3-5-7-9;1-5(2,3)4/h3-8H,1-2H3;(H2,1,2,3,4). The van der Waals surface area contributed by atoms with E-state index in [0.717, 1.165) is 0 Å². The average Bonchev–Trinajstić information content (AvgIpc) is 2.03. The molecule has 80 valence electrons. The largest absolute Gasteiger partial charge is 0.394 e. The van der Waals surface area contributed by atoms with Crippen LogP contribution in [0.3, 0.4) is 0 Å². The van der Waals surface area contributed by atoms with Gasteiger partial charge in [-0.3, -0.25) is 9.11 Å². The Morgan fingerprint density at radius 1 is 1.07 bits per heavy atom. The van der Waals surface area contributed by atoms with Gasteiger partial charge in [0.25, 0.3) is 0 Å². The summed E-state index contributed by atoms with van der Waals surface area (Å²) in [6.07, 6.45) is 0. The fourth-order valence-corrected chi connectivity index (χ4v) is 0.838. The molecule has 14 heavy (non-hydrogen) atoms. The highest BCUT2D eigenvalue weighted by molar-refractivity contribution is 7.79. The van der Waals surface area contributed by atoms with Gasteiger partial charge in [-0.15, -0.1) is 0 Å². The van der Waals surface area contributed by atoms with Crippen LogP contribution in [-0.4, -0.2) is 17.5 Å². The molecular formula is C9H14O4S. The summed E-state index contributed by atoms with van der Waals surface area (Å²) in [5.74, 6) is 0.659. The fraction of sp³-hybridized carbons (Fsp3) is 0.333. The molecule has 0 amide bonds. The summed E-state index contributed by atoms with van der Waals surface area (Å²) < 4.78 is 31.6. The molecule has 1 rings (SSSR count). The van der Waals surface area contributed by atoms with E-state index < -0.39 is 10.4 Å². The minimum atomic E-state index is -4.67. The Balaban J connectivity index is 0.000000292. The van der Waals surface area contributed by atoms with Crippen molar-refractivity contribution < 1.29 is 17.5 Å². The molecule has 5 heteroatoms. The third-order valence-electron chi connectivity index (χ3n) is 1.47. The molecule has 0 aliphatic carbocycles. The van der Waals surface area contributed by atoms with Gasteiger partial charge in [-0.1, -0.05) is 44.2 Å².